The van der Waals surface area contributed by atoms with Gasteiger partial charge in [-0.3, -0.25) is 9.59 Å². The van der Waals surface area contributed by atoms with Crippen LogP contribution in [-0.4, -0.2) is 37.9 Å². The molecule has 27 heavy (non-hydrogen) atoms. The Morgan fingerprint density at radius 2 is 2.00 bits per heavy atom. The highest BCUT2D eigenvalue weighted by Gasteiger charge is 2.40. The average molecular weight is 407 g/mol. The molecule has 0 bridgehead atoms. The van der Waals surface area contributed by atoms with E-state index >= 15 is 0 Å². The molecule has 2 aromatic heterocycles. The van der Waals surface area contributed by atoms with E-state index in [1.807, 2.05) is 39.1 Å². The molecule has 2 aromatic rings. The second-order valence-electron chi connectivity index (χ2n) is 8.05. The molecule has 1 aliphatic rings. The summed E-state index contributed by atoms with van der Waals surface area (Å²) in [6, 6.07) is 1.39. The number of aryl methyl sites for hydroxylation is 1. The van der Waals surface area contributed by atoms with E-state index in [9.17, 15) is 9.59 Å². The molecule has 8 heteroatoms. The van der Waals surface area contributed by atoms with Crippen LogP contribution >= 0.6 is 22.9 Å². The molecule has 0 aromatic carbocycles. The lowest BCUT2D eigenvalue weighted by Gasteiger charge is -2.36. The molecule has 0 saturated heterocycles. The predicted octanol–water partition coefficient (Wildman–Crippen LogP) is 3.95. The van der Waals surface area contributed by atoms with Crippen molar-refractivity contribution in [2.24, 2.45) is 0 Å². The van der Waals surface area contributed by atoms with Crippen molar-refractivity contribution in [1.29, 1.82) is 0 Å². The quantitative estimate of drug-likeness (QED) is 0.816. The molecule has 2 heterocycles. The lowest BCUT2D eigenvalue weighted by molar-refractivity contribution is -0.128. The van der Waals surface area contributed by atoms with Gasteiger partial charge >= 0.3 is 0 Å². The number of carbonyl (C=O) groups excluding carboxylic acids is 2. The standard InChI is InChI=1S/C19H26N4O2S2/c1-12-9-10-26-16(12)15(17(24)20-19(2,3)4)23(13-7-5-6-8-13)18(25)14-11-27-22-21-14/h9-11,13,15H,5-8H2,1-4H3,(H,20,24). The van der Waals surface area contributed by atoms with Gasteiger partial charge in [0.2, 0.25) is 5.91 Å². The predicted molar refractivity (Wildman–Crippen MR) is 108 cm³/mol. The molecule has 0 spiro atoms. The minimum Gasteiger partial charge on any atom is -0.349 e. The van der Waals surface area contributed by atoms with Crippen LogP contribution < -0.4 is 5.32 Å². The maximum Gasteiger partial charge on any atom is 0.276 e. The Kier molecular flexibility index (Phi) is 5.95. The van der Waals surface area contributed by atoms with Crippen LogP contribution in [0.2, 0.25) is 0 Å². The summed E-state index contributed by atoms with van der Waals surface area (Å²) in [6.07, 6.45) is 3.96. The van der Waals surface area contributed by atoms with Crippen LogP contribution in [0.5, 0.6) is 0 Å². The van der Waals surface area contributed by atoms with Gasteiger partial charge in [0, 0.05) is 21.8 Å². The van der Waals surface area contributed by atoms with Gasteiger partial charge in [-0.1, -0.05) is 17.3 Å². The molecule has 3 rings (SSSR count). The molecule has 2 amide bonds. The van der Waals surface area contributed by atoms with Gasteiger partial charge in [-0.05, 0) is 69.1 Å². The summed E-state index contributed by atoms with van der Waals surface area (Å²) in [5, 5.41) is 10.7. The first-order chi connectivity index (χ1) is 12.8. The van der Waals surface area contributed by atoms with Crippen molar-refractivity contribution in [3.63, 3.8) is 0 Å². The number of carbonyl (C=O) groups is 2. The third-order valence-corrected chi connectivity index (χ3v) is 6.28. The van der Waals surface area contributed by atoms with Crippen LogP contribution in [-0.2, 0) is 4.79 Å². The van der Waals surface area contributed by atoms with Crippen LogP contribution in [0.15, 0.2) is 16.8 Å². The van der Waals surface area contributed by atoms with E-state index in [-0.39, 0.29) is 23.4 Å². The Morgan fingerprint density at radius 1 is 1.30 bits per heavy atom. The molecule has 1 aliphatic carbocycles. The number of thiophene rings is 1. The molecule has 146 valence electrons. The van der Waals surface area contributed by atoms with Gasteiger partial charge in [0.15, 0.2) is 5.69 Å². The largest absolute Gasteiger partial charge is 0.349 e. The number of amides is 2. The normalized spacial score (nSPS) is 16.3. The molecule has 0 radical (unpaired) electrons. The van der Waals surface area contributed by atoms with Crippen molar-refractivity contribution in [1.82, 2.24) is 19.8 Å². The van der Waals surface area contributed by atoms with E-state index < -0.39 is 6.04 Å². The maximum atomic E-state index is 13.4. The fourth-order valence-electron chi connectivity index (χ4n) is 3.54. The van der Waals surface area contributed by atoms with Crippen LogP contribution in [0.25, 0.3) is 0 Å². The van der Waals surface area contributed by atoms with Gasteiger partial charge in [-0.25, -0.2) is 0 Å². The molecule has 1 fully saturated rings. The number of rotatable bonds is 5. The number of aromatic nitrogens is 2. The highest BCUT2D eigenvalue weighted by molar-refractivity contribution is 7.10. The minimum absolute atomic E-state index is 0.0384. The summed E-state index contributed by atoms with van der Waals surface area (Å²) >= 11 is 2.68. The zero-order valence-electron chi connectivity index (χ0n) is 16.2. The van der Waals surface area contributed by atoms with Gasteiger partial charge in [-0.15, -0.1) is 16.4 Å². The van der Waals surface area contributed by atoms with E-state index in [0.717, 1.165) is 47.7 Å². The van der Waals surface area contributed by atoms with Gasteiger partial charge in [-0.2, -0.15) is 0 Å². The Hall–Kier alpha value is -1.80. The van der Waals surface area contributed by atoms with Gasteiger partial charge < -0.3 is 10.2 Å². The Labute approximate surface area is 168 Å². The van der Waals surface area contributed by atoms with E-state index in [0.29, 0.717) is 5.69 Å². The fourth-order valence-corrected chi connectivity index (χ4v) is 4.99. The lowest BCUT2D eigenvalue weighted by Crippen LogP contribution is -2.51. The molecule has 0 aliphatic heterocycles. The Bertz CT molecular complexity index is 789. The molecule has 1 atom stereocenters. The SMILES string of the molecule is Cc1ccsc1C(C(=O)NC(C)(C)C)N(C(=O)c1csnn1)C1CCCC1. The smallest absolute Gasteiger partial charge is 0.276 e. The molecular formula is C19H26N4O2S2. The van der Waals surface area contributed by atoms with Gasteiger partial charge in [0.1, 0.15) is 6.04 Å². The fraction of sp³-hybridized carbons (Fsp3) is 0.579. The minimum atomic E-state index is -0.651. The van der Waals surface area contributed by atoms with E-state index in [2.05, 4.69) is 14.9 Å². The highest BCUT2D eigenvalue weighted by Crippen LogP contribution is 2.36. The molecule has 1 unspecified atom stereocenters. The number of hydrogen-bond donors (Lipinski definition) is 1. The maximum absolute atomic E-state index is 13.4. The molecule has 1 N–H and O–H groups in total. The summed E-state index contributed by atoms with van der Waals surface area (Å²) in [4.78, 5) is 29.4. The number of nitrogens with zero attached hydrogens (tertiary/aromatic N) is 3. The third-order valence-electron chi connectivity index (χ3n) is 4.71. The first-order valence-electron chi connectivity index (χ1n) is 9.23. The summed E-state index contributed by atoms with van der Waals surface area (Å²) in [7, 11) is 0. The monoisotopic (exact) mass is 406 g/mol. The van der Waals surface area contributed by atoms with Crippen molar-refractivity contribution < 1.29 is 9.59 Å². The van der Waals surface area contributed by atoms with Gasteiger partial charge in [0.05, 0.1) is 0 Å². The first kappa shape index (κ1) is 19.9. The van der Waals surface area contributed by atoms with Crippen molar-refractivity contribution in [3.8, 4) is 0 Å². The zero-order chi connectivity index (χ0) is 19.6. The molecule has 6 nitrogen and oxygen atoms in total. The van der Waals surface area contributed by atoms with E-state index in [1.54, 1.807) is 10.3 Å². The van der Waals surface area contributed by atoms with Crippen molar-refractivity contribution in [2.45, 2.75) is 71.0 Å². The average Bonchev–Trinajstić information content (AvgIpc) is 3.33. The second kappa shape index (κ2) is 8.06. The third kappa shape index (κ3) is 4.55. The van der Waals surface area contributed by atoms with Crippen LogP contribution in [0.4, 0.5) is 0 Å². The van der Waals surface area contributed by atoms with E-state index in [4.69, 9.17) is 0 Å². The van der Waals surface area contributed by atoms with Crippen LogP contribution in [0, 0.1) is 6.92 Å². The summed E-state index contributed by atoms with van der Waals surface area (Å²) in [5.74, 6) is -0.353. The molecular weight excluding hydrogens is 380 g/mol. The summed E-state index contributed by atoms with van der Waals surface area (Å²) < 4.78 is 3.84. The Morgan fingerprint density at radius 3 is 2.52 bits per heavy atom. The second-order valence-corrected chi connectivity index (χ2v) is 9.61. The summed E-state index contributed by atoms with van der Waals surface area (Å²) in [5.41, 5.74) is 0.962. The van der Waals surface area contributed by atoms with E-state index in [1.165, 1.54) is 11.3 Å². The Balaban J connectivity index is 2.05. The number of nitrogens with one attached hydrogen (secondary N) is 1. The topological polar surface area (TPSA) is 75.2 Å². The first-order valence-corrected chi connectivity index (χ1v) is 11.0. The van der Waals surface area contributed by atoms with Crippen molar-refractivity contribution >= 4 is 34.7 Å². The summed E-state index contributed by atoms with van der Waals surface area (Å²) in [6.45, 7) is 7.85. The lowest BCUT2D eigenvalue weighted by atomic mass is 10.0. The van der Waals surface area contributed by atoms with Crippen LogP contribution in [0.3, 0.4) is 0 Å². The van der Waals surface area contributed by atoms with Crippen molar-refractivity contribution in [3.05, 3.63) is 33.0 Å². The highest BCUT2D eigenvalue weighted by atomic mass is 32.1. The van der Waals surface area contributed by atoms with Crippen molar-refractivity contribution in [2.75, 3.05) is 0 Å². The van der Waals surface area contributed by atoms with Gasteiger partial charge in [0.25, 0.3) is 5.91 Å². The zero-order valence-corrected chi connectivity index (χ0v) is 17.8. The van der Waals surface area contributed by atoms with Crippen LogP contribution in [0.1, 0.15) is 73.4 Å². The number of hydrogen-bond acceptors (Lipinski definition) is 6. The molecule has 1 saturated carbocycles.